The van der Waals surface area contributed by atoms with Gasteiger partial charge in [0, 0.05) is 11.8 Å². The van der Waals surface area contributed by atoms with Gasteiger partial charge in [0.15, 0.2) is 5.78 Å². The molecule has 0 aliphatic carbocycles. The molecule has 0 radical (unpaired) electrons. The molecule has 1 aromatic carbocycles. The highest BCUT2D eigenvalue weighted by Crippen LogP contribution is 2.16. The van der Waals surface area contributed by atoms with Gasteiger partial charge in [-0.15, -0.1) is 0 Å². The van der Waals surface area contributed by atoms with Crippen molar-refractivity contribution in [1.82, 2.24) is 14.5 Å². The van der Waals surface area contributed by atoms with E-state index in [0.717, 1.165) is 16.9 Å². The Morgan fingerprint density at radius 2 is 1.94 bits per heavy atom. The number of aromatic nitrogens is 3. The quantitative estimate of drug-likeness (QED) is 0.644. The molecular formula is C14H11N3O. The highest BCUT2D eigenvalue weighted by atomic mass is 16.1. The summed E-state index contributed by atoms with van der Waals surface area (Å²) in [5, 5.41) is 0. The van der Waals surface area contributed by atoms with Crippen LogP contribution in [0.4, 0.5) is 0 Å². The highest BCUT2D eigenvalue weighted by Gasteiger charge is 2.05. The molecule has 2 aromatic heterocycles. The van der Waals surface area contributed by atoms with Crippen LogP contribution in [-0.4, -0.2) is 20.3 Å². The molecule has 2 heterocycles. The van der Waals surface area contributed by atoms with Gasteiger partial charge < -0.3 is 0 Å². The van der Waals surface area contributed by atoms with Gasteiger partial charge in [0.2, 0.25) is 0 Å². The second kappa shape index (κ2) is 4.07. The van der Waals surface area contributed by atoms with Crippen LogP contribution in [0, 0.1) is 0 Å². The third kappa shape index (κ3) is 1.68. The number of imidazole rings is 1. The molecule has 0 saturated carbocycles. The summed E-state index contributed by atoms with van der Waals surface area (Å²) in [7, 11) is 0. The van der Waals surface area contributed by atoms with Gasteiger partial charge in [-0.3, -0.25) is 9.36 Å². The predicted octanol–water partition coefficient (Wildman–Crippen LogP) is 2.62. The maximum Gasteiger partial charge on any atom is 0.161 e. The van der Waals surface area contributed by atoms with E-state index in [1.165, 1.54) is 6.92 Å². The van der Waals surface area contributed by atoms with E-state index in [4.69, 9.17) is 0 Å². The van der Waals surface area contributed by atoms with Gasteiger partial charge in [0.1, 0.15) is 12.1 Å². The van der Waals surface area contributed by atoms with Crippen molar-refractivity contribution in [2.24, 2.45) is 0 Å². The van der Waals surface area contributed by atoms with Gasteiger partial charge in [0.05, 0.1) is 11.0 Å². The first-order chi connectivity index (χ1) is 8.75. The van der Waals surface area contributed by atoms with E-state index >= 15 is 0 Å². The number of nitrogens with zero attached hydrogens (tertiary/aromatic N) is 3. The van der Waals surface area contributed by atoms with Crippen LogP contribution in [-0.2, 0) is 0 Å². The number of hydrogen-bond acceptors (Lipinski definition) is 3. The first kappa shape index (κ1) is 10.7. The summed E-state index contributed by atoms with van der Waals surface area (Å²) < 4.78 is 1.90. The van der Waals surface area contributed by atoms with Gasteiger partial charge in [-0.25, -0.2) is 9.97 Å². The van der Waals surface area contributed by atoms with Crippen LogP contribution in [0.3, 0.4) is 0 Å². The van der Waals surface area contributed by atoms with Crippen molar-refractivity contribution < 1.29 is 4.79 Å². The van der Waals surface area contributed by atoms with Crippen molar-refractivity contribution >= 4 is 16.8 Å². The van der Waals surface area contributed by atoms with Crippen LogP contribution in [0.1, 0.15) is 17.3 Å². The zero-order valence-electron chi connectivity index (χ0n) is 9.87. The van der Waals surface area contributed by atoms with E-state index in [1.54, 1.807) is 18.6 Å². The number of para-hydroxylation sites is 2. The normalized spacial score (nSPS) is 10.7. The lowest BCUT2D eigenvalue weighted by molar-refractivity contribution is 0.101. The first-order valence-electron chi connectivity index (χ1n) is 5.65. The van der Waals surface area contributed by atoms with Crippen LogP contribution in [0.25, 0.3) is 16.9 Å². The predicted molar refractivity (Wildman–Crippen MR) is 68.9 cm³/mol. The molecule has 0 fully saturated rings. The Balaban J connectivity index is 2.12. The van der Waals surface area contributed by atoms with Crippen molar-refractivity contribution in [3.63, 3.8) is 0 Å². The first-order valence-corrected chi connectivity index (χ1v) is 5.65. The van der Waals surface area contributed by atoms with Crippen LogP contribution in [0.15, 0.2) is 48.9 Å². The van der Waals surface area contributed by atoms with Crippen molar-refractivity contribution in [1.29, 1.82) is 0 Å². The molecule has 4 heteroatoms. The minimum atomic E-state index is 0.0181. The molecule has 0 amide bonds. The Bertz CT molecular complexity index is 713. The van der Waals surface area contributed by atoms with Gasteiger partial charge in [-0.2, -0.15) is 0 Å². The summed E-state index contributed by atoms with van der Waals surface area (Å²) in [4.78, 5) is 19.8. The fraction of sp³-hybridized carbons (Fsp3) is 0.0714. The molecular weight excluding hydrogens is 226 g/mol. The summed E-state index contributed by atoms with van der Waals surface area (Å²) in [5.74, 6) is 0.776. The standard InChI is InChI=1S/C14H11N3O/c1-10(18)11-6-7-14(15-8-11)17-9-16-12-4-2-3-5-13(12)17/h2-9H,1H3. The summed E-state index contributed by atoms with van der Waals surface area (Å²) in [6.45, 7) is 1.53. The minimum Gasteiger partial charge on any atom is -0.294 e. The third-order valence-corrected chi connectivity index (χ3v) is 2.85. The lowest BCUT2D eigenvalue weighted by Gasteiger charge is -2.03. The fourth-order valence-corrected chi connectivity index (χ4v) is 1.88. The fourth-order valence-electron chi connectivity index (χ4n) is 1.88. The number of Topliss-reactive ketones (excluding diaryl/α,β-unsaturated/α-hetero) is 1. The zero-order valence-corrected chi connectivity index (χ0v) is 9.87. The SMILES string of the molecule is CC(=O)c1ccc(-n2cnc3ccccc32)nc1. The Morgan fingerprint density at radius 1 is 1.11 bits per heavy atom. The number of fused-ring (bicyclic) bond motifs is 1. The molecule has 3 aromatic rings. The number of hydrogen-bond donors (Lipinski definition) is 0. The maximum atomic E-state index is 11.2. The molecule has 88 valence electrons. The summed E-state index contributed by atoms with van der Waals surface area (Å²) in [6.07, 6.45) is 3.33. The third-order valence-electron chi connectivity index (χ3n) is 2.85. The number of benzene rings is 1. The second-order valence-electron chi connectivity index (χ2n) is 4.06. The molecule has 0 N–H and O–H groups in total. The number of ketones is 1. The van der Waals surface area contributed by atoms with Gasteiger partial charge >= 0.3 is 0 Å². The van der Waals surface area contributed by atoms with Crippen molar-refractivity contribution in [3.8, 4) is 5.82 Å². The van der Waals surface area contributed by atoms with Gasteiger partial charge in [-0.1, -0.05) is 12.1 Å². The van der Waals surface area contributed by atoms with E-state index in [0.29, 0.717) is 5.56 Å². The molecule has 3 rings (SSSR count). The average Bonchev–Trinajstić information content (AvgIpc) is 2.82. The minimum absolute atomic E-state index is 0.0181. The molecule has 0 spiro atoms. The molecule has 18 heavy (non-hydrogen) atoms. The topological polar surface area (TPSA) is 47.8 Å². The Labute approximate surface area is 104 Å². The van der Waals surface area contributed by atoms with Crippen molar-refractivity contribution in [2.75, 3.05) is 0 Å². The maximum absolute atomic E-state index is 11.2. The number of carbonyl (C=O) groups is 1. The van der Waals surface area contributed by atoms with Crippen LogP contribution < -0.4 is 0 Å². The summed E-state index contributed by atoms with van der Waals surface area (Å²) >= 11 is 0. The second-order valence-corrected chi connectivity index (χ2v) is 4.06. The molecule has 0 unspecified atom stereocenters. The van der Waals surface area contributed by atoms with Crippen LogP contribution >= 0.6 is 0 Å². The van der Waals surface area contributed by atoms with E-state index < -0.39 is 0 Å². The van der Waals surface area contributed by atoms with Crippen LogP contribution in [0.5, 0.6) is 0 Å². The molecule has 0 bridgehead atoms. The van der Waals surface area contributed by atoms with Crippen LogP contribution in [0.2, 0.25) is 0 Å². The van der Waals surface area contributed by atoms with E-state index in [2.05, 4.69) is 9.97 Å². The largest absolute Gasteiger partial charge is 0.294 e. The Morgan fingerprint density at radius 3 is 2.67 bits per heavy atom. The van der Waals surface area contributed by atoms with E-state index in [1.807, 2.05) is 34.9 Å². The lowest BCUT2D eigenvalue weighted by atomic mass is 10.2. The molecule has 0 aliphatic heterocycles. The van der Waals surface area contributed by atoms with Gasteiger partial charge in [0.25, 0.3) is 0 Å². The number of carbonyl (C=O) groups excluding carboxylic acids is 1. The van der Waals surface area contributed by atoms with E-state index in [9.17, 15) is 4.79 Å². The zero-order chi connectivity index (χ0) is 12.5. The number of rotatable bonds is 2. The molecule has 0 saturated heterocycles. The van der Waals surface area contributed by atoms with E-state index in [-0.39, 0.29) is 5.78 Å². The average molecular weight is 237 g/mol. The highest BCUT2D eigenvalue weighted by molar-refractivity contribution is 5.93. The van der Waals surface area contributed by atoms with Gasteiger partial charge in [-0.05, 0) is 31.2 Å². The lowest BCUT2D eigenvalue weighted by Crippen LogP contribution is -1.98. The number of pyridine rings is 1. The Kier molecular flexibility index (Phi) is 2.41. The Hall–Kier alpha value is -2.49. The summed E-state index contributed by atoms with van der Waals surface area (Å²) in [6, 6.07) is 11.5. The molecule has 4 nitrogen and oxygen atoms in total. The molecule has 0 aliphatic rings. The smallest absolute Gasteiger partial charge is 0.161 e. The summed E-state index contributed by atoms with van der Waals surface area (Å²) in [5.41, 5.74) is 2.54. The van der Waals surface area contributed by atoms with Crippen molar-refractivity contribution in [2.45, 2.75) is 6.92 Å². The molecule has 0 atom stereocenters. The monoisotopic (exact) mass is 237 g/mol. The van der Waals surface area contributed by atoms with Crippen molar-refractivity contribution in [3.05, 3.63) is 54.5 Å².